The molecule has 112 valence electrons. The third-order valence-corrected chi connectivity index (χ3v) is 5.85. The molecule has 0 unspecified atom stereocenters. The van der Waals surface area contributed by atoms with Crippen LogP contribution in [0.3, 0.4) is 0 Å². The van der Waals surface area contributed by atoms with Gasteiger partial charge in [-0.2, -0.15) is 35.0 Å². The van der Waals surface area contributed by atoms with Gasteiger partial charge >= 0.3 is 46.4 Å². The Kier molecular flexibility index (Phi) is 5.88. The zero-order chi connectivity index (χ0) is 15.9. The second kappa shape index (κ2) is 8.31. The van der Waals surface area contributed by atoms with Crippen molar-refractivity contribution >= 4 is 24.8 Å². The van der Waals surface area contributed by atoms with Crippen LogP contribution in [0, 0.1) is 0 Å². The first-order valence-corrected chi connectivity index (χ1v) is 9.90. The Morgan fingerprint density at radius 3 is 1.43 bits per heavy atom. The Bertz CT molecular complexity index is 746. The predicted octanol–water partition coefficient (Wildman–Crippen LogP) is 6.01. The van der Waals surface area contributed by atoms with Gasteiger partial charge in [0.2, 0.25) is 0 Å². The van der Waals surface area contributed by atoms with E-state index >= 15 is 0 Å². The topological polar surface area (TPSA) is 0 Å². The molecule has 0 spiro atoms. The quantitative estimate of drug-likeness (QED) is 0.222. The van der Waals surface area contributed by atoms with Gasteiger partial charge in [0.25, 0.3) is 0 Å². The van der Waals surface area contributed by atoms with Crippen LogP contribution in [0.4, 0.5) is 0 Å². The Labute approximate surface area is 152 Å². The second-order valence-corrected chi connectivity index (χ2v) is 8.31. The molecule has 0 aromatic heterocycles. The summed E-state index contributed by atoms with van der Waals surface area (Å²) in [7, 11) is 0. The molecule has 0 heterocycles. The third kappa shape index (κ3) is 4.68. The molecule has 0 nitrogen and oxygen atoms in total. The Balaban J connectivity index is 0.000000107. The summed E-state index contributed by atoms with van der Waals surface area (Å²) in [6.07, 6.45) is 4.41. The van der Waals surface area contributed by atoms with E-state index in [-0.39, 0.29) is 0 Å². The van der Waals surface area contributed by atoms with Crippen molar-refractivity contribution in [1.82, 2.24) is 0 Å². The molecule has 1 saturated carbocycles. The fourth-order valence-electron chi connectivity index (χ4n) is 2.49. The number of rotatable bonds is 0. The number of fused-ring (bicyclic) bond motifs is 2. The van der Waals surface area contributed by atoms with Crippen LogP contribution in [0.2, 0.25) is 0 Å². The summed E-state index contributed by atoms with van der Waals surface area (Å²) in [5.74, 6) is 0. The molecule has 0 atom stereocenters. The standard InChI is InChI=1S/2C9H7.C4H6.Hf/c2*1-2-5-9-7-3-6-8(9)4-1;1-2-4-3-1;/h2*1-7H;1-3H2;/q2*-1;;+2. The van der Waals surface area contributed by atoms with Crippen molar-refractivity contribution in [3.8, 4) is 0 Å². The van der Waals surface area contributed by atoms with Crippen LogP contribution in [0.5, 0.6) is 0 Å². The van der Waals surface area contributed by atoms with Crippen LogP contribution < -0.4 is 0 Å². The molecule has 4 aromatic carbocycles. The van der Waals surface area contributed by atoms with Crippen molar-refractivity contribution in [1.29, 1.82) is 0 Å². The van der Waals surface area contributed by atoms with E-state index in [2.05, 4.69) is 84.9 Å². The van der Waals surface area contributed by atoms with E-state index in [1.807, 2.05) is 3.26 Å². The fraction of sp³-hybridized carbons (Fsp3) is 0.136. The van der Waals surface area contributed by atoms with Crippen molar-refractivity contribution in [3.63, 3.8) is 0 Å². The Morgan fingerprint density at radius 2 is 1.09 bits per heavy atom. The van der Waals surface area contributed by atoms with Crippen LogP contribution in [0.25, 0.3) is 21.5 Å². The molecule has 23 heavy (non-hydrogen) atoms. The molecule has 0 saturated heterocycles. The van der Waals surface area contributed by atoms with Gasteiger partial charge in [-0.3, -0.25) is 0 Å². The molecule has 1 heteroatoms. The summed E-state index contributed by atoms with van der Waals surface area (Å²) < 4.78 is 1.82. The number of benzene rings is 2. The first kappa shape index (κ1) is 16.3. The average molecular weight is 463 g/mol. The largest absolute Gasteiger partial charge is 0.168 e. The molecule has 0 amide bonds. The molecule has 4 aromatic rings. The van der Waals surface area contributed by atoms with Crippen LogP contribution in [0.15, 0.2) is 84.9 Å². The zero-order valence-electron chi connectivity index (χ0n) is 13.2. The van der Waals surface area contributed by atoms with E-state index in [1.165, 1.54) is 64.7 Å². The fourth-order valence-corrected chi connectivity index (χ4v) is 3.76. The minimum Gasteiger partial charge on any atom is -0.168 e. The SMILES string of the molecule is [Hf+2]=[C]1CCC1.c1ccc2[cH-]ccc2c1.c1ccc2[cH-]ccc2c1. The van der Waals surface area contributed by atoms with Gasteiger partial charge in [0.15, 0.2) is 0 Å². The average Bonchev–Trinajstić information content (AvgIpc) is 3.22. The Morgan fingerprint density at radius 1 is 0.652 bits per heavy atom. The van der Waals surface area contributed by atoms with E-state index < -0.39 is 0 Å². The first-order chi connectivity index (χ1) is 11.3. The molecule has 1 aliphatic rings. The van der Waals surface area contributed by atoms with Crippen molar-refractivity contribution < 1.29 is 23.9 Å². The van der Waals surface area contributed by atoms with E-state index in [1.54, 1.807) is 0 Å². The van der Waals surface area contributed by atoms with Crippen molar-refractivity contribution in [2.45, 2.75) is 19.3 Å². The van der Waals surface area contributed by atoms with Crippen molar-refractivity contribution in [2.24, 2.45) is 0 Å². The monoisotopic (exact) mass is 464 g/mol. The van der Waals surface area contributed by atoms with Gasteiger partial charge in [-0.1, -0.05) is 12.1 Å². The zero-order valence-corrected chi connectivity index (χ0v) is 16.8. The van der Waals surface area contributed by atoms with Crippen LogP contribution in [0.1, 0.15) is 19.3 Å². The molecule has 1 fully saturated rings. The van der Waals surface area contributed by atoms with Gasteiger partial charge in [0, 0.05) is 0 Å². The van der Waals surface area contributed by atoms with E-state index in [9.17, 15) is 0 Å². The van der Waals surface area contributed by atoms with Crippen molar-refractivity contribution in [3.05, 3.63) is 84.9 Å². The Hall–Kier alpha value is -1.60. The molecule has 0 aliphatic heterocycles. The maximum absolute atomic E-state index is 2.12. The number of hydrogen-bond donors (Lipinski definition) is 0. The normalized spacial score (nSPS) is 12.9. The summed E-state index contributed by atoms with van der Waals surface area (Å²) in [4.78, 5) is 0. The molecular weight excluding hydrogens is 443 g/mol. The smallest absolute Gasteiger partial charge is 0.0809 e. The summed E-state index contributed by atoms with van der Waals surface area (Å²) in [6.45, 7) is 0. The molecule has 0 bridgehead atoms. The maximum Gasteiger partial charge on any atom is -0.0809 e. The van der Waals surface area contributed by atoms with Gasteiger partial charge in [-0.05, 0) is 0 Å². The van der Waals surface area contributed by atoms with Gasteiger partial charge < -0.3 is 0 Å². The maximum atomic E-state index is 2.12. The van der Waals surface area contributed by atoms with E-state index in [4.69, 9.17) is 0 Å². The molecule has 0 radical (unpaired) electrons. The number of hydrogen-bond acceptors (Lipinski definition) is 0. The van der Waals surface area contributed by atoms with Gasteiger partial charge in [-0.15, -0.1) is 59.3 Å². The van der Waals surface area contributed by atoms with E-state index in [0.717, 1.165) is 0 Å². The van der Waals surface area contributed by atoms with Crippen LogP contribution in [-0.2, 0) is 23.9 Å². The van der Waals surface area contributed by atoms with Crippen molar-refractivity contribution in [2.75, 3.05) is 0 Å². The molecule has 5 rings (SSSR count). The van der Waals surface area contributed by atoms with E-state index in [0.29, 0.717) is 0 Å². The van der Waals surface area contributed by atoms with Crippen LogP contribution >= 0.6 is 0 Å². The van der Waals surface area contributed by atoms with Gasteiger partial charge in [-0.25, -0.2) is 0 Å². The minimum atomic E-state index is 1.33. The van der Waals surface area contributed by atoms with Crippen LogP contribution in [-0.4, -0.2) is 3.26 Å². The molecule has 0 N–H and O–H groups in total. The minimum absolute atomic E-state index is 1.33. The third-order valence-electron chi connectivity index (χ3n) is 4.05. The summed E-state index contributed by atoms with van der Waals surface area (Å²) >= 11 is 1.37. The second-order valence-electron chi connectivity index (χ2n) is 5.77. The first-order valence-electron chi connectivity index (χ1n) is 8.10. The summed E-state index contributed by atoms with van der Waals surface area (Å²) in [5, 5.41) is 5.32. The van der Waals surface area contributed by atoms with Gasteiger partial charge in [0.1, 0.15) is 0 Å². The predicted molar refractivity (Wildman–Crippen MR) is 97.9 cm³/mol. The van der Waals surface area contributed by atoms with Gasteiger partial charge in [0.05, 0.1) is 0 Å². The summed E-state index contributed by atoms with van der Waals surface area (Å²) in [6, 6.07) is 29.3. The summed E-state index contributed by atoms with van der Waals surface area (Å²) in [5.41, 5.74) is 0. The molecular formula is C22H20Hf. The molecule has 1 aliphatic carbocycles.